The Hall–Kier alpha value is -0.920. The van der Waals surface area contributed by atoms with Gasteiger partial charge in [-0.05, 0) is 73.5 Å². The quantitative estimate of drug-likeness (QED) is 0.634. The Kier molecular flexibility index (Phi) is 4.61. The van der Waals surface area contributed by atoms with Crippen LogP contribution in [0, 0.1) is 29.4 Å². The van der Waals surface area contributed by atoms with Crippen LogP contribution in [0.2, 0.25) is 0 Å². The topological polar surface area (TPSA) is 0 Å². The van der Waals surface area contributed by atoms with E-state index >= 15 is 0 Å². The molecule has 2 aliphatic rings. The van der Waals surface area contributed by atoms with E-state index in [2.05, 4.69) is 6.92 Å². The average molecular weight is 292 g/mol. The Morgan fingerprint density at radius 3 is 2.48 bits per heavy atom. The van der Waals surface area contributed by atoms with Crippen LogP contribution in [0.15, 0.2) is 18.2 Å². The standard InChI is InChI=1S/C19H26F2/c1-2-3-13-4-5-15-11-16(7-6-14(15)10-13)17-8-9-18(20)19(21)12-17/h8-9,12-16H,2-7,10-11H2,1H3/t13-,14-,15-,16-/m1/s1. The molecule has 0 bridgehead atoms. The normalized spacial score (nSPS) is 32.7. The fourth-order valence-corrected chi connectivity index (χ4v) is 4.73. The van der Waals surface area contributed by atoms with Crippen LogP contribution in [0.4, 0.5) is 8.78 Å². The van der Waals surface area contributed by atoms with E-state index < -0.39 is 11.6 Å². The van der Waals surface area contributed by atoms with E-state index in [1.165, 1.54) is 57.1 Å². The first-order valence-electron chi connectivity index (χ1n) is 8.62. The first-order valence-corrected chi connectivity index (χ1v) is 8.62. The third-order valence-corrected chi connectivity index (χ3v) is 5.83. The van der Waals surface area contributed by atoms with Crippen molar-refractivity contribution < 1.29 is 8.78 Å². The van der Waals surface area contributed by atoms with Gasteiger partial charge in [-0.2, -0.15) is 0 Å². The smallest absolute Gasteiger partial charge is 0.159 e. The molecule has 21 heavy (non-hydrogen) atoms. The minimum Gasteiger partial charge on any atom is -0.204 e. The molecule has 0 N–H and O–H groups in total. The Labute approximate surface area is 126 Å². The summed E-state index contributed by atoms with van der Waals surface area (Å²) in [7, 11) is 0. The molecular weight excluding hydrogens is 266 g/mol. The molecule has 0 aliphatic heterocycles. The fraction of sp³-hybridized carbons (Fsp3) is 0.684. The van der Waals surface area contributed by atoms with E-state index in [1.54, 1.807) is 6.07 Å². The lowest BCUT2D eigenvalue weighted by Crippen LogP contribution is -2.30. The summed E-state index contributed by atoms with van der Waals surface area (Å²) in [5.74, 6) is 1.65. The second kappa shape index (κ2) is 6.46. The Balaban J connectivity index is 1.64. The monoisotopic (exact) mass is 292 g/mol. The number of hydrogen-bond donors (Lipinski definition) is 0. The van der Waals surface area contributed by atoms with E-state index in [0.29, 0.717) is 5.92 Å². The molecule has 3 rings (SSSR count). The van der Waals surface area contributed by atoms with Gasteiger partial charge in [0.15, 0.2) is 11.6 Å². The summed E-state index contributed by atoms with van der Waals surface area (Å²) in [5, 5.41) is 0. The SMILES string of the molecule is CCC[C@@H]1CC[C@@H]2C[C@H](c3ccc(F)c(F)c3)CC[C@@H]2C1. The highest BCUT2D eigenvalue weighted by atomic mass is 19.2. The van der Waals surface area contributed by atoms with E-state index in [-0.39, 0.29) is 0 Å². The molecular formula is C19H26F2. The van der Waals surface area contributed by atoms with Crippen molar-refractivity contribution in [2.24, 2.45) is 17.8 Å². The zero-order valence-electron chi connectivity index (χ0n) is 13.0. The van der Waals surface area contributed by atoms with Crippen molar-refractivity contribution in [1.82, 2.24) is 0 Å². The molecule has 0 amide bonds. The molecule has 0 unspecified atom stereocenters. The molecule has 2 heteroatoms. The van der Waals surface area contributed by atoms with E-state index in [1.807, 2.05) is 0 Å². The van der Waals surface area contributed by atoms with Gasteiger partial charge in [-0.1, -0.05) is 32.3 Å². The fourth-order valence-electron chi connectivity index (χ4n) is 4.73. The largest absolute Gasteiger partial charge is 0.204 e. The highest BCUT2D eigenvalue weighted by Gasteiger charge is 2.35. The van der Waals surface area contributed by atoms with Gasteiger partial charge in [-0.25, -0.2) is 8.78 Å². The van der Waals surface area contributed by atoms with Gasteiger partial charge >= 0.3 is 0 Å². The summed E-state index contributed by atoms with van der Waals surface area (Å²) in [6.45, 7) is 2.28. The Morgan fingerprint density at radius 2 is 1.71 bits per heavy atom. The lowest BCUT2D eigenvalue weighted by molar-refractivity contribution is 0.114. The Bertz CT molecular complexity index is 482. The predicted octanol–water partition coefficient (Wildman–Crippen LogP) is 6.06. The van der Waals surface area contributed by atoms with Crippen LogP contribution >= 0.6 is 0 Å². The van der Waals surface area contributed by atoms with Crippen molar-refractivity contribution in [3.05, 3.63) is 35.4 Å². The molecule has 1 aromatic rings. The molecule has 2 aliphatic carbocycles. The molecule has 0 heterocycles. The molecule has 2 saturated carbocycles. The molecule has 4 atom stereocenters. The zero-order chi connectivity index (χ0) is 14.8. The maximum Gasteiger partial charge on any atom is 0.159 e. The van der Waals surface area contributed by atoms with E-state index in [9.17, 15) is 8.78 Å². The summed E-state index contributed by atoms with van der Waals surface area (Å²) in [4.78, 5) is 0. The summed E-state index contributed by atoms with van der Waals surface area (Å²) in [5.41, 5.74) is 1.00. The van der Waals surface area contributed by atoms with Gasteiger partial charge in [0, 0.05) is 0 Å². The number of rotatable bonds is 3. The Morgan fingerprint density at radius 1 is 0.952 bits per heavy atom. The summed E-state index contributed by atoms with van der Waals surface area (Å²) >= 11 is 0. The first kappa shape index (κ1) is 15.0. The van der Waals surface area contributed by atoms with Crippen molar-refractivity contribution in [1.29, 1.82) is 0 Å². The predicted molar refractivity (Wildman–Crippen MR) is 82.2 cm³/mol. The van der Waals surface area contributed by atoms with Crippen molar-refractivity contribution in [2.45, 2.75) is 64.2 Å². The van der Waals surface area contributed by atoms with Crippen LogP contribution in [0.1, 0.15) is 69.8 Å². The summed E-state index contributed by atoms with van der Waals surface area (Å²) in [6, 6.07) is 4.49. The second-order valence-electron chi connectivity index (χ2n) is 7.17. The molecule has 0 spiro atoms. The van der Waals surface area contributed by atoms with Gasteiger partial charge < -0.3 is 0 Å². The highest BCUT2D eigenvalue weighted by molar-refractivity contribution is 5.22. The van der Waals surface area contributed by atoms with Gasteiger partial charge in [0.1, 0.15) is 0 Å². The maximum atomic E-state index is 13.4. The summed E-state index contributed by atoms with van der Waals surface area (Å²) < 4.78 is 26.5. The van der Waals surface area contributed by atoms with Gasteiger partial charge in [0.05, 0.1) is 0 Å². The maximum absolute atomic E-state index is 13.4. The van der Waals surface area contributed by atoms with Gasteiger partial charge in [-0.3, -0.25) is 0 Å². The molecule has 0 aromatic heterocycles. The van der Waals surface area contributed by atoms with Gasteiger partial charge in [-0.15, -0.1) is 0 Å². The number of hydrogen-bond acceptors (Lipinski definition) is 0. The molecule has 0 radical (unpaired) electrons. The van der Waals surface area contributed by atoms with Crippen LogP contribution in [0.25, 0.3) is 0 Å². The van der Waals surface area contributed by atoms with E-state index in [4.69, 9.17) is 0 Å². The van der Waals surface area contributed by atoms with Crippen LogP contribution in [-0.2, 0) is 0 Å². The number of benzene rings is 1. The van der Waals surface area contributed by atoms with Crippen LogP contribution in [-0.4, -0.2) is 0 Å². The lowest BCUT2D eigenvalue weighted by Gasteiger charge is -2.42. The van der Waals surface area contributed by atoms with Crippen molar-refractivity contribution in [3.8, 4) is 0 Å². The second-order valence-corrected chi connectivity index (χ2v) is 7.17. The lowest BCUT2D eigenvalue weighted by atomic mass is 9.63. The molecule has 0 saturated heterocycles. The van der Waals surface area contributed by atoms with Crippen LogP contribution in [0.5, 0.6) is 0 Å². The molecule has 0 nitrogen and oxygen atoms in total. The minimum absolute atomic E-state index is 0.434. The van der Waals surface area contributed by atoms with Crippen molar-refractivity contribution in [3.63, 3.8) is 0 Å². The van der Waals surface area contributed by atoms with Crippen molar-refractivity contribution in [2.75, 3.05) is 0 Å². The minimum atomic E-state index is -0.729. The van der Waals surface area contributed by atoms with Crippen molar-refractivity contribution >= 4 is 0 Å². The average Bonchev–Trinajstić information content (AvgIpc) is 2.50. The number of halogens is 2. The highest BCUT2D eigenvalue weighted by Crippen LogP contribution is 2.48. The van der Waals surface area contributed by atoms with Gasteiger partial charge in [0.25, 0.3) is 0 Å². The number of fused-ring (bicyclic) bond motifs is 1. The van der Waals surface area contributed by atoms with Crippen LogP contribution in [0.3, 0.4) is 0 Å². The van der Waals surface area contributed by atoms with E-state index in [0.717, 1.165) is 29.7 Å². The molecule has 1 aromatic carbocycles. The summed E-state index contributed by atoms with van der Waals surface area (Å²) in [6.07, 6.45) is 10.4. The first-order chi connectivity index (χ1) is 10.2. The molecule has 2 fully saturated rings. The third-order valence-electron chi connectivity index (χ3n) is 5.83. The van der Waals surface area contributed by atoms with Crippen LogP contribution < -0.4 is 0 Å². The molecule has 116 valence electrons. The van der Waals surface area contributed by atoms with Gasteiger partial charge in [0.2, 0.25) is 0 Å². The zero-order valence-corrected chi connectivity index (χ0v) is 13.0. The third kappa shape index (κ3) is 3.30.